The molecule has 2 N–H and O–H groups in total. The van der Waals surface area contributed by atoms with E-state index < -0.39 is 0 Å². The highest BCUT2D eigenvalue weighted by Crippen LogP contribution is 2.30. The molecule has 0 bridgehead atoms. The van der Waals surface area contributed by atoms with Crippen LogP contribution in [-0.4, -0.2) is 18.1 Å². The van der Waals surface area contributed by atoms with Crippen molar-refractivity contribution in [3.8, 4) is 0 Å². The number of nitrogens with zero attached hydrogens (tertiary/aromatic N) is 2. The Hall–Kier alpha value is -1.16. The van der Waals surface area contributed by atoms with Gasteiger partial charge in [0, 0.05) is 31.4 Å². The number of nitrogens with two attached hydrogens (primary N) is 1. The number of hydrogen-bond acceptors (Lipinski definition) is 3. The first-order chi connectivity index (χ1) is 8.63. The second-order valence-corrected chi connectivity index (χ2v) is 5.34. The predicted molar refractivity (Wildman–Crippen MR) is 71.9 cm³/mol. The van der Waals surface area contributed by atoms with E-state index in [4.69, 9.17) is 5.73 Å². The first-order valence-electron chi connectivity index (χ1n) is 6.69. The zero-order valence-corrected chi connectivity index (χ0v) is 11.2. The normalized spacial score (nSPS) is 24.0. The van der Waals surface area contributed by atoms with Crippen LogP contribution in [0.1, 0.15) is 38.2 Å². The largest absolute Gasteiger partial charge is 0.354 e. The minimum atomic E-state index is -0.263. The van der Waals surface area contributed by atoms with Gasteiger partial charge in [0.2, 0.25) is 0 Å². The molecule has 0 radical (unpaired) electrons. The van der Waals surface area contributed by atoms with Crippen LogP contribution in [0.3, 0.4) is 0 Å². The van der Waals surface area contributed by atoms with Crippen LogP contribution in [0.4, 0.5) is 10.2 Å². The summed E-state index contributed by atoms with van der Waals surface area (Å²) < 4.78 is 14.2. The van der Waals surface area contributed by atoms with Crippen LogP contribution in [0.2, 0.25) is 0 Å². The average molecular weight is 251 g/mol. The highest BCUT2D eigenvalue weighted by Gasteiger charge is 2.24. The molecule has 1 aromatic rings. The second-order valence-electron chi connectivity index (χ2n) is 5.34. The minimum Gasteiger partial charge on any atom is -0.354 e. The first-order valence-corrected chi connectivity index (χ1v) is 6.69. The Labute approximate surface area is 108 Å². The van der Waals surface area contributed by atoms with Gasteiger partial charge in [-0.1, -0.05) is 6.92 Å². The molecule has 3 nitrogen and oxygen atoms in total. The summed E-state index contributed by atoms with van der Waals surface area (Å²) in [5.74, 6) is 0.974. The Morgan fingerprint density at radius 3 is 2.67 bits per heavy atom. The maximum absolute atomic E-state index is 14.2. The van der Waals surface area contributed by atoms with Crippen molar-refractivity contribution in [3.05, 3.63) is 23.6 Å². The molecule has 0 amide bonds. The van der Waals surface area contributed by atoms with Crippen LogP contribution < -0.4 is 10.6 Å². The van der Waals surface area contributed by atoms with Gasteiger partial charge in [-0.15, -0.1) is 0 Å². The van der Waals surface area contributed by atoms with E-state index in [0.717, 1.165) is 18.8 Å². The fourth-order valence-corrected chi connectivity index (χ4v) is 2.68. The number of anilines is 1. The Bertz CT molecular complexity index is 400. The third kappa shape index (κ3) is 2.64. The van der Waals surface area contributed by atoms with Gasteiger partial charge in [0.1, 0.15) is 0 Å². The Morgan fingerprint density at radius 2 is 2.06 bits per heavy atom. The van der Waals surface area contributed by atoms with E-state index in [0.29, 0.717) is 17.4 Å². The van der Waals surface area contributed by atoms with E-state index in [-0.39, 0.29) is 12.4 Å². The quantitative estimate of drug-likeness (QED) is 0.898. The summed E-state index contributed by atoms with van der Waals surface area (Å²) in [4.78, 5) is 6.16. The standard InChI is InChI=1S/C14H22FN3/c1-10-3-5-12(6-4-10)18(2)14-13(15)11(9-16)7-8-17-14/h7-8,10,12H,3-6,9,16H2,1-2H3. The molecule has 4 heteroatoms. The minimum absolute atomic E-state index is 0.219. The van der Waals surface area contributed by atoms with Crippen LogP contribution in [0, 0.1) is 11.7 Å². The smallest absolute Gasteiger partial charge is 0.170 e. The number of hydrogen-bond donors (Lipinski definition) is 1. The zero-order chi connectivity index (χ0) is 13.1. The van der Waals surface area contributed by atoms with Gasteiger partial charge in [-0.2, -0.15) is 0 Å². The third-order valence-corrected chi connectivity index (χ3v) is 4.04. The SMILES string of the molecule is CC1CCC(N(C)c2nccc(CN)c2F)CC1. The van der Waals surface area contributed by atoms with E-state index in [1.807, 2.05) is 11.9 Å². The fraction of sp³-hybridized carbons (Fsp3) is 0.643. The molecule has 0 aliphatic heterocycles. The monoisotopic (exact) mass is 251 g/mol. The molecule has 1 aromatic heterocycles. The number of aromatic nitrogens is 1. The molecule has 1 fully saturated rings. The fourth-order valence-electron chi connectivity index (χ4n) is 2.68. The van der Waals surface area contributed by atoms with E-state index in [1.165, 1.54) is 12.8 Å². The molecule has 1 aliphatic carbocycles. The third-order valence-electron chi connectivity index (χ3n) is 4.04. The van der Waals surface area contributed by atoms with Crippen molar-refractivity contribution < 1.29 is 4.39 Å². The van der Waals surface area contributed by atoms with Crippen molar-refractivity contribution >= 4 is 5.82 Å². The molecule has 1 saturated carbocycles. The van der Waals surface area contributed by atoms with Crippen LogP contribution in [0.15, 0.2) is 12.3 Å². The van der Waals surface area contributed by atoms with Gasteiger partial charge in [0.25, 0.3) is 0 Å². The van der Waals surface area contributed by atoms with Gasteiger partial charge in [0.15, 0.2) is 11.6 Å². The maximum atomic E-state index is 14.2. The molecule has 1 heterocycles. The predicted octanol–water partition coefficient (Wildman–Crippen LogP) is 2.69. The molecule has 18 heavy (non-hydrogen) atoms. The van der Waals surface area contributed by atoms with Gasteiger partial charge in [-0.05, 0) is 37.7 Å². The summed E-state index contributed by atoms with van der Waals surface area (Å²) >= 11 is 0. The van der Waals surface area contributed by atoms with E-state index in [9.17, 15) is 4.39 Å². The lowest BCUT2D eigenvalue weighted by Crippen LogP contribution is -2.36. The molecule has 0 unspecified atom stereocenters. The van der Waals surface area contributed by atoms with Crippen molar-refractivity contribution in [2.24, 2.45) is 11.7 Å². The van der Waals surface area contributed by atoms with Crippen molar-refractivity contribution in [2.75, 3.05) is 11.9 Å². The first kappa shape index (κ1) is 13.3. The highest BCUT2D eigenvalue weighted by molar-refractivity contribution is 5.43. The van der Waals surface area contributed by atoms with Gasteiger partial charge in [-0.25, -0.2) is 9.37 Å². The maximum Gasteiger partial charge on any atom is 0.170 e. The lowest BCUT2D eigenvalue weighted by molar-refractivity contribution is 0.338. The molecule has 1 aliphatic rings. The molecule has 0 spiro atoms. The molecule has 2 rings (SSSR count). The Balaban J connectivity index is 2.15. The number of halogens is 1. The van der Waals surface area contributed by atoms with Gasteiger partial charge in [-0.3, -0.25) is 0 Å². The van der Waals surface area contributed by atoms with Crippen molar-refractivity contribution in [1.82, 2.24) is 4.98 Å². The van der Waals surface area contributed by atoms with Gasteiger partial charge < -0.3 is 10.6 Å². The zero-order valence-electron chi connectivity index (χ0n) is 11.2. The van der Waals surface area contributed by atoms with E-state index in [1.54, 1.807) is 12.3 Å². The molecule has 0 aromatic carbocycles. The topological polar surface area (TPSA) is 42.2 Å². The molecule has 0 atom stereocenters. The van der Waals surface area contributed by atoms with Crippen molar-refractivity contribution in [2.45, 2.75) is 45.2 Å². The molecule has 0 saturated heterocycles. The van der Waals surface area contributed by atoms with Gasteiger partial charge in [0.05, 0.1) is 0 Å². The Kier molecular flexibility index (Phi) is 4.17. The summed E-state index contributed by atoms with van der Waals surface area (Å²) in [5, 5.41) is 0. The summed E-state index contributed by atoms with van der Waals surface area (Å²) in [6, 6.07) is 2.05. The van der Waals surface area contributed by atoms with Crippen LogP contribution in [0.25, 0.3) is 0 Å². The number of pyridine rings is 1. The van der Waals surface area contributed by atoms with Crippen molar-refractivity contribution in [3.63, 3.8) is 0 Å². The summed E-state index contributed by atoms with van der Waals surface area (Å²) in [6.45, 7) is 2.50. The van der Waals surface area contributed by atoms with Gasteiger partial charge >= 0.3 is 0 Å². The van der Waals surface area contributed by atoms with Crippen LogP contribution in [-0.2, 0) is 6.54 Å². The summed E-state index contributed by atoms with van der Waals surface area (Å²) in [6.07, 6.45) is 6.31. The van der Waals surface area contributed by atoms with Crippen molar-refractivity contribution in [1.29, 1.82) is 0 Å². The average Bonchev–Trinajstić information content (AvgIpc) is 2.39. The Morgan fingerprint density at radius 1 is 1.39 bits per heavy atom. The summed E-state index contributed by atoms with van der Waals surface area (Å²) in [5.41, 5.74) is 6.07. The van der Waals surface area contributed by atoms with Crippen LogP contribution >= 0.6 is 0 Å². The van der Waals surface area contributed by atoms with E-state index >= 15 is 0 Å². The van der Waals surface area contributed by atoms with Crippen LogP contribution in [0.5, 0.6) is 0 Å². The molecule has 100 valence electrons. The highest BCUT2D eigenvalue weighted by atomic mass is 19.1. The van der Waals surface area contributed by atoms with E-state index in [2.05, 4.69) is 11.9 Å². The lowest BCUT2D eigenvalue weighted by atomic mass is 9.87. The molecular weight excluding hydrogens is 229 g/mol. The second kappa shape index (κ2) is 5.65. The lowest BCUT2D eigenvalue weighted by Gasteiger charge is -2.34. The number of rotatable bonds is 3. The summed E-state index contributed by atoms with van der Waals surface area (Å²) in [7, 11) is 1.94. The molecular formula is C14H22FN3.